The summed E-state index contributed by atoms with van der Waals surface area (Å²) in [6.45, 7) is 0. The highest BCUT2D eigenvalue weighted by Crippen LogP contribution is 2.47. The normalized spacial score (nSPS) is 22.9. The van der Waals surface area contributed by atoms with Crippen LogP contribution in [0.4, 0.5) is 5.69 Å². The highest BCUT2D eigenvalue weighted by Gasteiger charge is 2.59. The van der Waals surface area contributed by atoms with Gasteiger partial charge in [-0.25, -0.2) is 4.79 Å². The molecule has 0 radical (unpaired) electrons. The van der Waals surface area contributed by atoms with Crippen molar-refractivity contribution in [1.82, 2.24) is 0 Å². The summed E-state index contributed by atoms with van der Waals surface area (Å²) in [5.74, 6) is -1.46. The van der Waals surface area contributed by atoms with Crippen LogP contribution in [-0.4, -0.2) is 35.7 Å². The average Bonchev–Trinajstić information content (AvgIpc) is 3.14. The molecule has 1 N–H and O–H groups in total. The Hall–Kier alpha value is -3.15. The van der Waals surface area contributed by atoms with E-state index in [2.05, 4.69) is 0 Å². The molecule has 5 nitrogen and oxygen atoms in total. The van der Waals surface area contributed by atoms with E-state index in [1.54, 1.807) is 60.7 Å². The van der Waals surface area contributed by atoms with E-state index in [9.17, 15) is 14.7 Å². The summed E-state index contributed by atoms with van der Waals surface area (Å²) in [5, 5.41) is 12.2. The van der Waals surface area contributed by atoms with Crippen molar-refractivity contribution in [1.29, 1.82) is 0 Å². The first-order chi connectivity index (χ1) is 15.0. The van der Waals surface area contributed by atoms with Crippen molar-refractivity contribution in [2.45, 2.75) is 24.1 Å². The molecule has 0 aromatic heterocycles. The highest BCUT2D eigenvalue weighted by atomic mass is 35.5. The Morgan fingerprint density at radius 1 is 0.968 bits per heavy atom. The Morgan fingerprint density at radius 3 is 2.13 bits per heavy atom. The van der Waals surface area contributed by atoms with Gasteiger partial charge in [-0.1, -0.05) is 72.3 Å². The van der Waals surface area contributed by atoms with Crippen molar-refractivity contribution < 1.29 is 19.4 Å². The molecule has 0 aliphatic carbocycles. The van der Waals surface area contributed by atoms with Crippen LogP contribution in [0.3, 0.4) is 0 Å². The van der Waals surface area contributed by atoms with Crippen molar-refractivity contribution in [2.24, 2.45) is 0 Å². The largest absolute Gasteiger partial charge is 0.465 e. The summed E-state index contributed by atoms with van der Waals surface area (Å²) in [7, 11) is 1.23. The number of carbonyl (C=O) groups excluding carboxylic acids is 2. The lowest BCUT2D eigenvalue weighted by Crippen LogP contribution is -2.55. The van der Waals surface area contributed by atoms with E-state index >= 15 is 0 Å². The van der Waals surface area contributed by atoms with Crippen molar-refractivity contribution >= 4 is 29.0 Å². The van der Waals surface area contributed by atoms with E-state index in [4.69, 9.17) is 16.3 Å². The monoisotopic (exact) mass is 435 g/mol. The van der Waals surface area contributed by atoms with Gasteiger partial charge in [0.25, 0.3) is 0 Å². The maximum atomic E-state index is 13.7. The van der Waals surface area contributed by atoms with E-state index < -0.39 is 23.7 Å². The lowest BCUT2D eigenvalue weighted by Gasteiger charge is -2.36. The number of anilines is 1. The number of rotatable bonds is 5. The average molecular weight is 436 g/mol. The molecule has 1 fully saturated rings. The van der Waals surface area contributed by atoms with Crippen LogP contribution in [0.2, 0.25) is 5.02 Å². The number of para-hydroxylation sites is 1. The van der Waals surface area contributed by atoms with Gasteiger partial charge in [-0.15, -0.1) is 0 Å². The molecule has 3 atom stereocenters. The molecule has 0 saturated carbocycles. The van der Waals surface area contributed by atoms with Crippen molar-refractivity contribution in [3.05, 3.63) is 101 Å². The topological polar surface area (TPSA) is 66.8 Å². The Kier molecular flexibility index (Phi) is 5.81. The molecule has 4 rings (SSSR count). The van der Waals surface area contributed by atoms with Gasteiger partial charge in [-0.3, -0.25) is 4.79 Å². The molecule has 3 aromatic carbocycles. The van der Waals surface area contributed by atoms with E-state index in [0.29, 0.717) is 16.3 Å². The molecule has 158 valence electrons. The van der Waals surface area contributed by atoms with Crippen LogP contribution in [-0.2, 0) is 9.53 Å². The number of ether oxygens (including phenoxy) is 1. The quantitative estimate of drug-likeness (QED) is 0.474. The zero-order valence-electron chi connectivity index (χ0n) is 16.9. The number of esters is 1. The van der Waals surface area contributed by atoms with Gasteiger partial charge in [-0.05, 0) is 29.8 Å². The molecule has 1 aliphatic rings. The van der Waals surface area contributed by atoms with Crippen LogP contribution in [0, 0.1) is 0 Å². The minimum absolute atomic E-state index is 0.000555. The van der Waals surface area contributed by atoms with Crippen LogP contribution in [0.5, 0.6) is 0 Å². The lowest BCUT2D eigenvalue weighted by molar-refractivity contribution is -0.161. The highest BCUT2D eigenvalue weighted by molar-refractivity contribution is 6.30. The third kappa shape index (κ3) is 3.82. The maximum Gasteiger partial charge on any atom is 0.359 e. The molecule has 0 unspecified atom stereocenters. The minimum Gasteiger partial charge on any atom is -0.465 e. The molecule has 1 aliphatic heterocycles. The summed E-state index contributed by atoms with van der Waals surface area (Å²) in [5.41, 5.74) is -0.141. The molecule has 31 heavy (non-hydrogen) atoms. The van der Waals surface area contributed by atoms with Crippen LogP contribution in [0.1, 0.15) is 28.3 Å². The van der Waals surface area contributed by atoms with Crippen LogP contribution < -0.4 is 4.90 Å². The molecule has 1 saturated heterocycles. The lowest BCUT2D eigenvalue weighted by atomic mass is 9.86. The van der Waals surface area contributed by atoms with Crippen molar-refractivity contribution in [3.8, 4) is 0 Å². The van der Waals surface area contributed by atoms with Gasteiger partial charge in [0, 0.05) is 28.6 Å². The van der Waals surface area contributed by atoms with E-state index in [1.807, 2.05) is 24.3 Å². The number of methoxy groups -OCH3 is 1. The van der Waals surface area contributed by atoms with Crippen molar-refractivity contribution in [3.63, 3.8) is 0 Å². The van der Waals surface area contributed by atoms with Crippen LogP contribution in [0.15, 0.2) is 84.9 Å². The maximum absolute atomic E-state index is 13.7. The Balaban J connectivity index is 1.91. The number of carbonyl (C=O) groups is 2. The predicted molar refractivity (Wildman–Crippen MR) is 119 cm³/mol. The van der Waals surface area contributed by atoms with E-state index in [0.717, 1.165) is 5.56 Å². The fourth-order valence-corrected chi connectivity index (χ4v) is 4.44. The van der Waals surface area contributed by atoms with E-state index in [-0.39, 0.29) is 12.2 Å². The number of ketones is 1. The zero-order valence-corrected chi connectivity index (χ0v) is 17.7. The van der Waals surface area contributed by atoms with Gasteiger partial charge in [0.15, 0.2) is 5.78 Å². The first kappa shape index (κ1) is 21.1. The van der Waals surface area contributed by atoms with Gasteiger partial charge >= 0.3 is 5.97 Å². The zero-order chi connectivity index (χ0) is 22.0. The fraction of sp³-hybridized carbons (Fsp3) is 0.200. The molecule has 0 amide bonds. The van der Waals surface area contributed by atoms with Gasteiger partial charge in [0.1, 0.15) is 6.04 Å². The Bertz CT molecular complexity index is 1070. The van der Waals surface area contributed by atoms with Gasteiger partial charge in [0.05, 0.1) is 7.11 Å². The smallest absolute Gasteiger partial charge is 0.359 e. The summed E-state index contributed by atoms with van der Waals surface area (Å²) >= 11 is 6.07. The number of hydrogen-bond acceptors (Lipinski definition) is 5. The third-order valence-corrected chi connectivity index (χ3v) is 5.99. The number of halogens is 1. The molecule has 0 bridgehead atoms. The van der Waals surface area contributed by atoms with Gasteiger partial charge in [0.2, 0.25) is 5.72 Å². The SMILES string of the molecule is COC(=O)[C@@]1(O)C[C@@H](c2ccc(Cl)cc2)[C@H](C(=O)c2ccccc2)N1c1ccccc1. The summed E-state index contributed by atoms with van der Waals surface area (Å²) in [4.78, 5) is 28.1. The second kappa shape index (κ2) is 8.53. The van der Waals surface area contributed by atoms with E-state index in [1.165, 1.54) is 12.0 Å². The molecule has 1 heterocycles. The number of hydrogen-bond donors (Lipinski definition) is 1. The summed E-state index contributed by atoms with van der Waals surface area (Å²) in [6.07, 6.45) is -0.000555. The van der Waals surface area contributed by atoms with Gasteiger partial charge < -0.3 is 14.7 Å². The van der Waals surface area contributed by atoms with Gasteiger partial charge in [-0.2, -0.15) is 0 Å². The van der Waals surface area contributed by atoms with Crippen LogP contribution >= 0.6 is 11.6 Å². The third-order valence-electron chi connectivity index (χ3n) is 5.73. The first-order valence-electron chi connectivity index (χ1n) is 9.95. The Morgan fingerprint density at radius 2 is 1.55 bits per heavy atom. The number of aliphatic hydroxyl groups is 1. The number of nitrogens with zero attached hydrogens (tertiary/aromatic N) is 1. The fourth-order valence-electron chi connectivity index (χ4n) is 4.32. The first-order valence-corrected chi connectivity index (χ1v) is 10.3. The summed E-state index contributed by atoms with van der Waals surface area (Å²) in [6, 6.07) is 24.2. The second-order valence-corrected chi connectivity index (χ2v) is 7.99. The molecule has 3 aromatic rings. The molecular weight excluding hydrogens is 414 g/mol. The standard InChI is InChI=1S/C25H22ClNO4/c1-31-24(29)25(30)16-21(17-12-14-19(26)15-13-17)22(23(28)18-8-4-2-5-9-18)27(25)20-10-6-3-7-11-20/h2-15,21-22,30H,16H2,1H3/t21-,22+,25-/m0/s1. The minimum atomic E-state index is -2.00. The predicted octanol–water partition coefficient (Wildman–Crippen LogP) is 4.45. The molecule has 0 spiro atoms. The molecule has 6 heteroatoms. The van der Waals surface area contributed by atoms with Crippen molar-refractivity contribution in [2.75, 3.05) is 12.0 Å². The second-order valence-electron chi connectivity index (χ2n) is 7.55. The Labute approximate surface area is 185 Å². The number of Topliss-reactive ketones (excluding diaryl/α,β-unsaturated/α-hetero) is 1. The number of benzene rings is 3. The summed E-state index contributed by atoms with van der Waals surface area (Å²) < 4.78 is 4.96. The molecular formula is C25H22ClNO4. The van der Waals surface area contributed by atoms with Crippen LogP contribution in [0.25, 0.3) is 0 Å².